The SMILES string of the molecule is CCCc1cc(C(O)(C(F)(F)F)C(F)(F)F)cc(CCC)c1OCCCCN1C(=O)C=CC(C)(c2ccc(OC(C)C)nc2)C1=O. The van der Waals surface area contributed by atoms with Crippen molar-refractivity contribution in [2.45, 2.75) is 103 Å². The van der Waals surface area contributed by atoms with E-state index in [4.69, 9.17) is 9.47 Å². The molecule has 0 fully saturated rings. The maximum absolute atomic E-state index is 13.7. The van der Waals surface area contributed by atoms with Gasteiger partial charge in [0.2, 0.25) is 11.8 Å². The van der Waals surface area contributed by atoms with Gasteiger partial charge >= 0.3 is 12.4 Å². The summed E-state index contributed by atoms with van der Waals surface area (Å²) in [6.45, 7) is 8.93. The van der Waals surface area contributed by atoms with E-state index in [-0.39, 0.29) is 49.0 Å². The van der Waals surface area contributed by atoms with E-state index in [1.54, 1.807) is 32.9 Å². The van der Waals surface area contributed by atoms with Crippen LogP contribution in [-0.4, -0.2) is 58.4 Å². The first-order valence-electron chi connectivity index (χ1n) is 15.2. The van der Waals surface area contributed by atoms with Crippen LogP contribution >= 0.6 is 0 Å². The topological polar surface area (TPSA) is 89.0 Å². The zero-order valence-corrected chi connectivity index (χ0v) is 26.5. The van der Waals surface area contributed by atoms with E-state index >= 15 is 0 Å². The molecule has 1 atom stereocenters. The van der Waals surface area contributed by atoms with Gasteiger partial charge in [0.15, 0.2) is 0 Å². The molecule has 1 N–H and O–H groups in total. The first kappa shape index (κ1) is 36.9. The van der Waals surface area contributed by atoms with Crippen molar-refractivity contribution in [3.05, 3.63) is 64.9 Å². The zero-order chi connectivity index (χ0) is 34.5. The van der Waals surface area contributed by atoms with Crippen LogP contribution in [0.15, 0.2) is 42.6 Å². The number of rotatable bonds is 14. The van der Waals surface area contributed by atoms with E-state index in [2.05, 4.69) is 4.98 Å². The number of aryl methyl sites for hydroxylation is 2. The Bertz CT molecular complexity index is 1360. The van der Waals surface area contributed by atoms with Crippen molar-refractivity contribution in [3.63, 3.8) is 0 Å². The van der Waals surface area contributed by atoms with Crippen LogP contribution in [0.4, 0.5) is 26.3 Å². The smallest absolute Gasteiger partial charge is 0.430 e. The molecule has 2 amide bonds. The average Bonchev–Trinajstić information content (AvgIpc) is 2.96. The number of alkyl halides is 6. The molecule has 0 aliphatic carbocycles. The minimum atomic E-state index is -6.00. The molecule has 3 rings (SSSR count). The minimum absolute atomic E-state index is 0.0279. The summed E-state index contributed by atoms with van der Waals surface area (Å²) in [7, 11) is 0. The van der Waals surface area contributed by atoms with Crippen LogP contribution in [-0.2, 0) is 33.4 Å². The maximum atomic E-state index is 13.7. The average molecular weight is 659 g/mol. The highest BCUT2D eigenvalue weighted by atomic mass is 19.4. The number of amides is 2. The van der Waals surface area contributed by atoms with Gasteiger partial charge in [0.05, 0.1) is 18.1 Å². The Morgan fingerprint density at radius 1 is 0.957 bits per heavy atom. The monoisotopic (exact) mass is 658 g/mol. The Kier molecular flexibility index (Phi) is 11.6. The molecule has 1 aromatic carbocycles. The largest absolute Gasteiger partial charge is 0.493 e. The number of halogens is 6. The van der Waals surface area contributed by atoms with E-state index < -0.39 is 40.7 Å². The second-order valence-corrected chi connectivity index (χ2v) is 11.8. The normalized spacial score (nSPS) is 17.6. The number of pyridine rings is 1. The Morgan fingerprint density at radius 2 is 1.54 bits per heavy atom. The fourth-order valence-corrected chi connectivity index (χ4v) is 5.30. The molecule has 2 aromatic rings. The molecule has 0 spiro atoms. The molecule has 2 heterocycles. The third-order valence-electron chi connectivity index (χ3n) is 7.75. The number of nitrogens with zero attached hydrogens (tertiary/aromatic N) is 2. The molecule has 0 radical (unpaired) electrons. The third kappa shape index (κ3) is 7.67. The van der Waals surface area contributed by atoms with Gasteiger partial charge in [-0.25, -0.2) is 4.98 Å². The lowest BCUT2D eigenvalue weighted by Gasteiger charge is -2.34. The van der Waals surface area contributed by atoms with Crippen LogP contribution in [0.5, 0.6) is 11.6 Å². The van der Waals surface area contributed by atoms with Crippen LogP contribution < -0.4 is 9.47 Å². The number of aliphatic hydroxyl groups is 1. The van der Waals surface area contributed by atoms with Gasteiger partial charge in [-0.2, -0.15) is 26.3 Å². The van der Waals surface area contributed by atoms with Crippen LogP contribution in [0, 0.1) is 0 Å². The molecule has 1 aromatic heterocycles. The van der Waals surface area contributed by atoms with Crippen LogP contribution in [0.1, 0.15) is 82.6 Å². The fraction of sp³-hybridized carbons (Fsp3) is 0.545. The molecule has 254 valence electrons. The Hall–Kier alpha value is -3.61. The van der Waals surface area contributed by atoms with Gasteiger partial charge in [-0.3, -0.25) is 14.5 Å². The molecule has 7 nitrogen and oxygen atoms in total. The molecular weight excluding hydrogens is 618 g/mol. The van der Waals surface area contributed by atoms with Gasteiger partial charge in [0, 0.05) is 30.4 Å². The molecule has 46 heavy (non-hydrogen) atoms. The Labute approximate surface area is 264 Å². The summed E-state index contributed by atoms with van der Waals surface area (Å²) in [6.07, 6.45) is -6.01. The molecule has 1 aliphatic heterocycles. The molecular formula is C33H40F6N2O5. The van der Waals surface area contributed by atoms with Crippen LogP contribution in [0.2, 0.25) is 0 Å². The highest BCUT2D eigenvalue weighted by molar-refractivity contribution is 6.09. The van der Waals surface area contributed by atoms with Crippen molar-refractivity contribution >= 4 is 11.8 Å². The first-order chi connectivity index (χ1) is 21.4. The van der Waals surface area contributed by atoms with Gasteiger partial charge in [-0.1, -0.05) is 38.8 Å². The molecule has 1 aliphatic rings. The summed E-state index contributed by atoms with van der Waals surface area (Å²) >= 11 is 0. The second-order valence-electron chi connectivity index (χ2n) is 11.8. The summed E-state index contributed by atoms with van der Waals surface area (Å²) in [5, 5.41) is 10.0. The number of carbonyl (C=O) groups excluding carboxylic acids is 2. The van der Waals surface area contributed by atoms with Gasteiger partial charge in [0.25, 0.3) is 11.5 Å². The summed E-state index contributed by atoms with van der Waals surface area (Å²) in [4.78, 5) is 31.5. The van der Waals surface area contributed by atoms with Crippen LogP contribution in [0.25, 0.3) is 0 Å². The Morgan fingerprint density at radius 3 is 2.02 bits per heavy atom. The third-order valence-corrected chi connectivity index (χ3v) is 7.75. The summed E-state index contributed by atoms with van der Waals surface area (Å²) in [5.74, 6) is -0.341. The minimum Gasteiger partial charge on any atom is -0.493 e. The predicted octanol–water partition coefficient (Wildman–Crippen LogP) is 7.13. The number of hydrogen-bond acceptors (Lipinski definition) is 6. The van der Waals surface area contributed by atoms with E-state index in [1.165, 1.54) is 18.3 Å². The number of benzene rings is 1. The van der Waals surface area contributed by atoms with Crippen molar-refractivity contribution in [1.82, 2.24) is 9.88 Å². The zero-order valence-electron chi connectivity index (χ0n) is 26.5. The highest BCUT2D eigenvalue weighted by Crippen LogP contribution is 2.51. The second kappa shape index (κ2) is 14.4. The summed E-state index contributed by atoms with van der Waals surface area (Å²) in [5.41, 5.74) is -6.67. The molecule has 1 unspecified atom stereocenters. The van der Waals surface area contributed by atoms with Crippen molar-refractivity contribution in [3.8, 4) is 11.6 Å². The van der Waals surface area contributed by atoms with Gasteiger partial charge < -0.3 is 14.6 Å². The number of imide groups is 1. The first-order valence-corrected chi connectivity index (χ1v) is 15.2. The number of carbonyl (C=O) groups is 2. The molecule has 0 saturated carbocycles. The summed E-state index contributed by atoms with van der Waals surface area (Å²) in [6, 6.07) is 4.80. The van der Waals surface area contributed by atoms with Crippen molar-refractivity contribution in [2.24, 2.45) is 0 Å². The fourth-order valence-electron chi connectivity index (χ4n) is 5.30. The number of ether oxygens (including phenoxy) is 2. The van der Waals surface area contributed by atoms with Crippen molar-refractivity contribution in [2.75, 3.05) is 13.2 Å². The quantitative estimate of drug-likeness (QED) is 0.132. The molecule has 0 saturated heterocycles. The van der Waals surface area contributed by atoms with E-state index in [1.807, 2.05) is 13.8 Å². The van der Waals surface area contributed by atoms with E-state index in [0.717, 1.165) is 4.90 Å². The maximum Gasteiger partial charge on any atom is 0.430 e. The van der Waals surface area contributed by atoms with Gasteiger partial charge in [-0.05, 0) is 75.3 Å². The molecule has 0 bridgehead atoms. The molecule has 13 heteroatoms. The van der Waals surface area contributed by atoms with Gasteiger partial charge in [-0.15, -0.1) is 0 Å². The van der Waals surface area contributed by atoms with Crippen molar-refractivity contribution in [1.29, 1.82) is 0 Å². The van der Waals surface area contributed by atoms with Crippen LogP contribution in [0.3, 0.4) is 0 Å². The lowest BCUT2D eigenvalue weighted by molar-refractivity contribution is -0.376. The Balaban J connectivity index is 1.75. The lowest BCUT2D eigenvalue weighted by Crippen LogP contribution is -2.54. The lowest BCUT2D eigenvalue weighted by atomic mass is 9.79. The number of unbranched alkanes of at least 4 members (excludes halogenated alkanes) is 1. The van der Waals surface area contributed by atoms with Gasteiger partial charge in [0.1, 0.15) is 5.75 Å². The highest BCUT2D eigenvalue weighted by Gasteiger charge is 2.71. The van der Waals surface area contributed by atoms with Crippen molar-refractivity contribution < 1.29 is 50.5 Å². The van der Waals surface area contributed by atoms with E-state index in [0.29, 0.717) is 49.3 Å². The predicted molar refractivity (Wildman–Crippen MR) is 158 cm³/mol. The summed E-state index contributed by atoms with van der Waals surface area (Å²) < 4.78 is 93.4. The number of aromatic nitrogens is 1. The van der Waals surface area contributed by atoms with E-state index in [9.17, 15) is 41.0 Å². The number of hydrogen-bond donors (Lipinski definition) is 1. The standard InChI is InChI=1S/C33H40F6N2O5/c1-6-10-22-18-25(31(44,32(34,35)36)33(37,38)39)19-23(11-7-2)28(22)45-17-9-8-16-41-27(42)14-15-30(5,29(41)43)24-12-13-26(40-20-24)46-21(3)4/h12-15,18-21,44H,6-11,16-17H2,1-5H3.